The molecule has 4 nitrogen and oxygen atoms in total. The molecule has 1 aliphatic heterocycles. The molecule has 130 valence electrons. The fourth-order valence-electron chi connectivity index (χ4n) is 2.74. The molecule has 0 radical (unpaired) electrons. The van der Waals surface area contributed by atoms with Crippen LogP contribution < -0.4 is 0 Å². The minimum atomic E-state index is -3.46. The summed E-state index contributed by atoms with van der Waals surface area (Å²) in [5.41, 5.74) is 1.19. The minimum absolute atomic E-state index is 0.204. The fraction of sp³-hybridized carbons (Fsp3) is 0.211. The van der Waals surface area contributed by atoms with E-state index < -0.39 is 10.0 Å². The van der Waals surface area contributed by atoms with Crippen molar-refractivity contribution < 1.29 is 13.2 Å². The predicted octanol–water partition coefficient (Wildman–Crippen LogP) is 4.02. The average Bonchev–Trinajstić information content (AvgIpc) is 3.16. The highest BCUT2D eigenvalue weighted by atomic mass is 35.5. The van der Waals surface area contributed by atoms with E-state index in [0.717, 1.165) is 18.4 Å². The first-order chi connectivity index (χ1) is 12.0. The van der Waals surface area contributed by atoms with Gasteiger partial charge in [0.05, 0.1) is 4.90 Å². The lowest BCUT2D eigenvalue weighted by atomic mass is 10.1. The van der Waals surface area contributed by atoms with E-state index in [1.165, 1.54) is 22.5 Å². The van der Waals surface area contributed by atoms with E-state index in [9.17, 15) is 13.2 Å². The summed E-state index contributed by atoms with van der Waals surface area (Å²) in [6.45, 7) is 1.12. The van der Waals surface area contributed by atoms with Gasteiger partial charge in [-0.05, 0) is 60.9 Å². The molecule has 0 aromatic heterocycles. The molecular formula is C19H18ClNO3S. The molecule has 0 aliphatic carbocycles. The standard InChI is InChI=1S/C19H18ClNO3S/c20-18-6-2-1-5-15(18)9-12-19(22)16-7-10-17(11-8-16)25(23,24)21-13-3-4-14-21/h1-2,5-12H,3-4,13-14H2/b12-9+. The highest BCUT2D eigenvalue weighted by Gasteiger charge is 2.26. The number of nitrogens with zero attached hydrogens (tertiary/aromatic N) is 1. The maximum absolute atomic E-state index is 12.5. The average molecular weight is 376 g/mol. The first kappa shape index (κ1) is 17.9. The number of carbonyl (C=O) groups is 1. The zero-order valence-corrected chi connectivity index (χ0v) is 15.1. The van der Waals surface area contributed by atoms with E-state index in [-0.39, 0.29) is 10.7 Å². The predicted molar refractivity (Wildman–Crippen MR) is 99.3 cm³/mol. The highest BCUT2D eigenvalue weighted by Crippen LogP contribution is 2.21. The van der Waals surface area contributed by atoms with Crippen LogP contribution in [0.15, 0.2) is 59.5 Å². The number of halogens is 1. The van der Waals surface area contributed by atoms with Gasteiger partial charge in [-0.3, -0.25) is 4.79 Å². The Morgan fingerprint density at radius 1 is 1.00 bits per heavy atom. The molecule has 0 spiro atoms. The number of rotatable bonds is 5. The maximum atomic E-state index is 12.5. The topological polar surface area (TPSA) is 54.5 Å². The number of benzene rings is 2. The molecule has 0 atom stereocenters. The lowest BCUT2D eigenvalue weighted by molar-refractivity contribution is 0.104. The summed E-state index contributed by atoms with van der Waals surface area (Å²) < 4.78 is 26.4. The quantitative estimate of drug-likeness (QED) is 0.585. The smallest absolute Gasteiger partial charge is 0.243 e. The van der Waals surface area contributed by atoms with Gasteiger partial charge in [0.1, 0.15) is 0 Å². The second-order valence-corrected chi connectivity index (χ2v) is 8.20. The van der Waals surface area contributed by atoms with Crippen LogP contribution in [0, 0.1) is 0 Å². The number of allylic oxidation sites excluding steroid dienone is 1. The number of ketones is 1. The molecule has 0 saturated carbocycles. The molecule has 0 amide bonds. The van der Waals surface area contributed by atoms with Crippen LogP contribution in [0.2, 0.25) is 5.02 Å². The maximum Gasteiger partial charge on any atom is 0.243 e. The molecular weight excluding hydrogens is 358 g/mol. The molecule has 2 aromatic carbocycles. The van der Waals surface area contributed by atoms with Crippen LogP contribution in [-0.2, 0) is 10.0 Å². The molecule has 1 heterocycles. The van der Waals surface area contributed by atoms with Gasteiger partial charge in [-0.25, -0.2) is 8.42 Å². The van der Waals surface area contributed by atoms with Crippen molar-refractivity contribution in [1.82, 2.24) is 4.31 Å². The number of carbonyl (C=O) groups excluding carboxylic acids is 1. The summed E-state index contributed by atoms with van der Waals surface area (Å²) in [4.78, 5) is 12.5. The molecule has 0 N–H and O–H groups in total. The molecule has 3 rings (SSSR count). The Bertz CT molecular complexity index is 899. The third-order valence-electron chi connectivity index (χ3n) is 4.16. The van der Waals surface area contributed by atoms with E-state index >= 15 is 0 Å². The van der Waals surface area contributed by atoms with Gasteiger partial charge in [0, 0.05) is 23.7 Å². The lowest BCUT2D eigenvalue weighted by Gasteiger charge is -2.15. The zero-order valence-electron chi connectivity index (χ0n) is 13.6. The second-order valence-electron chi connectivity index (χ2n) is 5.85. The summed E-state index contributed by atoms with van der Waals surface area (Å²) in [5, 5.41) is 0.568. The van der Waals surface area contributed by atoms with Gasteiger partial charge in [-0.15, -0.1) is 0 Å². The van der Waals surface area contributed by atoms with Crippen molar-refractivity contribution in [2.75, 3.05) is 13.1 Å². The molecule has 0 bridgehead atoms. The number of sulfonamides is 1. The number of hydrogen-bond acceptors (Lipinski definition) is 3. The monoisotopic (exact) mass is 375 g/mol. The van der Waals surface area contributed by atoms with E-state index in [1.807, 2.05) is 18.2 Å². The van der Waals surface area contributed by atoms with Crippen LogP contribution in [0.5, 0.6) is 0 Å². The van der Waals surface area contributed by atoms with Crippen molar-refractivity contribution >= 4 is 33.5 Å². The molecule has 1 fully saturated rings. The molecule has 1 aliphatic rings. The number of hydrogen-bond donors (Lipinski definition) is 0. The van der Waals surface area contributed by atoms with Gasteiger partial charge < -0.3 is 0 Å². The minimum Gasteiger partial charge on any atom is -0.289 e. The second kappa shape index (κ2) is 7.52. The van der Waals surface area contributed by atoms with Crippen molar-refractivity contribution in [1.29, 1.82) is 0 Å². The van der Waals surface area contributed by atoms with Crippen LogP contribution in [0.3, 0.4) is 0 Å². The Balaban J connectivity index is 1.76. The van der Waals surface area contributed by atoms with Crippen LogP contribution in [0.25, 0.3) is 6.08 Å². The van der Waals surface area contributed by atoms with Gasteiger partial charge in [-0.1, -0.05) is 29.8 Å². The van der Waals surface area contributed by atoms with Crippen LogP contribution in [0.1, 0.15) is 28.8 Å². The van der Waals surface area contributed by atoms with Crippen molar-refractivity contribution in [3.05, 3.63) is 70.8 Å². The Labute approximate surface area is 152 Å². The van der Waals surface area contributed by atoms with Gasteiger partial charge >= 0.3 is 0 Å². The largest absolute Gasteiger partial charge is 0.289 e. The van der Waals surface area contributed by atoms with Crippen molar-refractivity contribution in [3.8, 4) is 0 Å². The Kier molecular flexibility index (Phi) is 5.37. The van der Waals surface area contributed by atoms with Crippen molar-refractivity contribution in [2.24, 2.45) is 0 Å². The van der Waals surface area contributed by atoms with Crippen LogP contribution in [0.4, 0.5) is 0 Å². The van der Waals surface area contributed by atoms with E-state index in [0.29, 0.717) is 23.7 Å². The van der Waals surface area contributed by atoms with E-state index in [2.05, 4.69) is 0 Å². The van der Waals surface area contributed by atoms with Gasteiger partial charge in [0.25, 0.3) is 0 Å². The van der Waals surface area contributed by atoms with E-state index in [4.69, 9.17) is 11.6 Å². The van der Waals surface area contributed by atoms with Crippen LogP contribution >= 0.6 is 11.6 Å². The summed E-state index contributed by atoms with van der Waals surface area (Å²) in [7, 11) is -3.46. The molecule has 6 heteroatoms. The third kappa shape index (κ3) is 4.00. The Morgan fingerprint density at radius 3 is 2.28 bits per heavy atom. The lowest BCUT2D eigenvalue weighted by Crippen LogP contribution is -2.27. The zero-order chi connectivity index (χ0) is 17.9. The summed E-state index contributed by atoms with van der Waals surface area (Å²) in [6.07, 6.45) is 4.87. The highest BCUT2D eigenvalue weighted by molar-refractivity contribution is 7.89. The van der Waals surface area contributed by atoms with Crippen LogP contribution in [-0.4, -0.2) is 31.6 Å². The normalized spacial score (nSPS) is 15.7. The first-order valence-electron chi connectivity index (χ1n) is 8.05. The SMILES string of the molecule is O=C(/C=C/c1ccccc1Cl)c1ccc(S(=O)(=O)N2CCCC2)cc1. The molecule has 0 unspecified atom stereocenters. The molecule has 25 heavy (non-hydrogen) atoms. The van der Waals surface area contributed by atoms with Crippen molar-refractivity contribution in [2.45, 2.75) is 17.7 Å². The van der Waals surface area contributed by atoms with Gasteiger partial charge in [0.15, 0.2) is 5.78 Å². The van der Waals surface area contributed by atoms with Gasteiger partial charge in [0.2, 0.25) is 10.0 Å². The summed E-state index contributed by atoms with van der Waals surface area (Å²) >= 11 is 6.05. The fourth-order valence-corrected chi connectivity index (χ4v) is 4.46. The Morgan fingerprint density at radius 2 is 1.64 bits per heavy atom. The van der Waals surface area contributed by atoms with Gasteiger partial charge in [-0.2, -0.15) is 4.31 Å². The first-order valence-corrected chi connectivity index (χ1v) is 9.87. The summed E-state index contributed by atoms with van der Waals surface area (Å²) in [6, 6.07) is 13.3. The summed E-state index contributed by atoms with van der Waals surface area (Å²) in [5.74, 6) is -0.204. The Hall–Kier alpha value is -1.95. The molecule has 1 saturated heterocycles. The van der Waals surface area contributed by atoms with Crippen molar-refractivity contribution in [3.63, 3.8) is 0 Å². The molecule has 2 aromatic rings. The van der Waals surface area contributed by atoms with E-state index in [1.54, 1.807) is 24.3 Å². The third-order valence-corrected chi connectivity index (χ3v) is 6.42.